The average molecular weight is 411 g/mol. The van der Waals surface area contributed by atoms with E-state index < -0.39 is 0 Å². The Balaban J connectivity index is 1.58. The number of nitrogens with zero attached hydrogens (tertiary/aromatic N) is 5. The van der Waals surface area contributed by atoms with E-state index in [1.165, 1.54) is 0 Å². The van der Waals surface area contributed by atoms with E-state index in [-0.39, 0.29) is 5.91 Å². The van der Waals surface area contributed by atoms with Crippen LogP contribution >= 0.6 is 23.1 Å². The Morgan fingerprint density at radius 3 is 2.75 bits per heavy atom. The molecule has 0 radical (unpaired) electrons. The van der Waals surface area contributed by atoms with Crippen LogP contribution in [0.1, 0.15) is 21.6 Å². The van der Waals surface area contributed by atoms with E-state index in [1.807, 2.05) is 44.2 Å². The minimum absolute atomic E-state index is 0.222. The summed E-state index contributed by atoms with van der Waals surface area (Å²) in [6, 6.07) is 14.7. The quantitative estimate of drug-likeness (QED) is 0.541. The van der Waals surface area contributed by atoms with Crippen LogP contribution in [0.4, 0.5) is 5.13 Å². The van der Waals surface area contributed by atoms with Crippen LogP contribution in [0.2, 0.25) is 5.02 Å². The van der Waals surface area contributed by atoms with E-state index in [2.05, 4.69) is 25.0 Å². The number of carbonyl (C=O) groups excluding carboxylic acids is 1. The van der Waals surface area contributed by atoms with E-state index in [4.69, 9.17) is 11.6 Å². The van der Waals surface area contributed by atoms with Gasteiger partial charge in [-0.2, -0.15) is 9.36 Å². The summed E-state index contributed by atoms with van der Waals surface area (Å²) in [5.41, 5.74) is 3.61. The molecule has 0 saturated carbocycles. The molecule has 140 valence electrons. The molecule has 4 rings (SSSR count). The van der Waals surface area contributed by atoms with Crippen molar-refractivity contribution in [3.63, 3.8) is 0 Å². The molecule has 0 saturated heterocycles. The highest BCUT2D eigenvalue weighted by Gasteiger charge is 2.18. The van der Waals surface area contributed by atoms with Gasteiger partial charge in [-0.15, -0.1) is 5.10 Å². The van der Waals surface area contributed by atoms with Crippen LogP contribution in [0, 0.1) is 13.8 Å². The van der Waals surface area contributed by atoms with Crippen LogP contribution in [0.3, 0.4) is 0 Å². The number of carbonyl (C=O) groups is 1. The van der Waals surface area contributed by atoms with Crippen molar-refractivity contribution in [2.75, 3.05) is 5.32 Å². The first-order chi connectivity index (χ1) is 13.5. The monoisotopic (exact) mass is 410 g/mol. The summed E-state index contributed by atoms with van der Waals surface area (Å²) >= 11 is 7.16. The fourth-order valence-electron chi connectivity index (χ4n) is 2.75. The maximum Gasteiger partial charge on any atom is 0.257 e. The highest BCUT2D eigenvalue weighted by molar-refractivity contribution is 7.10. The number of aromatic nitrogens is 5. The summed E-state index contributed by atoms with van der Waals surface area (Å²) in [7, 11) is 0. The summed E-state index contributed by atoms with van der Waals surface area (Å²) in [6.07, 6.45) is 0. The number of rotatable bonds is 4. The molecule has 4 aromatic rings. The number of amides is 1. The third-order valence-electron chi connectivity index (χ3n) is 4.20. The SMILES string of the molecule is Cc1ccccc1C(=O)Nc1nc(-c2nnn(-c3cccc(Cl)c3)c2C)ns1. The van der Waals surface area contributed by atoms with Crippen LogP contribution in [0.5, 0.6) is 0 Å². The smallest absolute Gasteiger partial charge is 0.257 e. The van der Waals surface area contributed by atoms with E-state index in [0.717, 1.165) is 28.5 Å². The Bertz CT molecular complexity index is 1170. The first kappa shape index (κ1) is 18.3. The van der Waals surface area contributed by atoms with Crippen molar-refractivity contribution in [3.05, 3.63) is 70.4 Å². The van der Waals surface area contributed by atoms with Gasteiger partial charge < -0.3 is 0 Å². The zero-order chi connectivity index (χ0) is 19.7. The van der Waals surface area contributed by atoms with Gasteiger partial charge in [0.1, 0.15) is 0 Å². The first-order valence-electron chi connectivity index (χ1n) is 8.42. The third-order valence-corrected chi connectivity index (χ3v) is 5.06. The molecule has 0 atom stereocenters. The second-order valence-electron chi connectivity index (χ2n) is 6.11. The van der Waals surface area contributed by atoms with Gasteiger partial charge in [-0.05, 0) is 43.7 Å². The lowest BCUT2D eigenvalue weighted by Gasteiger charge is -2.04. The molecule has 0 aliphatic carbocycles. The molecular weight excluding hydrogens is 396 g/mol. The number of hydrogen-bond donors (Lipinski definition) is 1. The molecule has 1 amide bonds. The summed E-state index contributed by atoms with van der Waals surface area (Å²) in [5.74, 6) is 0.191. The molecule has 2 heterocycles. The van der Waals surface area contributed by atoms with Crippen LogP contribution < -0.4 is 5.32 Å². The minimum atomic E-state index is -0.222. The average Bonchev–Trinajstić information content (AvgIpc) is 3.28. The van der Waals surface area contributed by atoms with Crippen molar-refractivity contribution in [1.29, 1.82) is 0 Å². The fourth-order valence-corrected chi connectivity index (χ4v) is 3.50. The Morgan fingerprint density at radius 1 is 1.14 bits per heavy atom. The van der Waals surface area contributed by atoms with Gasteiger partial charge in [0.05, 0.1) is 11.4 Å². The summed E-state index contributed by atoms with van der Waals surface area (Å²) in [4.78, 5) is 16.8. The number of benzene rings is 2. The molecule has 0 spiro atoms. The van der Waals surface area contributed by atoms with Crippen molar-refractivity contribution in [3.8, 4) is 17.2 Å². The second-order valence-corrected chi connectivity index (χ2v) is 7.30. The van der Waals surface area contributed by atoms with Crippen LogP contribution in [0.25, 0.3) is 17.2 Å². The zero-order valence-corrected chi connectivity index (χ0v) is 16.6. The molecule has 28 heavy (non-hydrogen) atoms. The van der Waals surface area contributed by atoms with Gasteiger partial charge in [0, 0.05) is 22.1 Å². The lowest BCUT2D eigenvalue weighted by molar-refractivity contribution is 0.102. The lowest BCUT2D eigenvalue weighted by atomic mass is 10.1. The van der Waals surface area contributed by atoms with Gasteiger partial charge in [0.2, 0.25) is 5.13 Å². The molecule has 7 nitrogen and oxygen atoms in total. The Morgan fingerprint density at radius 2 is 1.96 bits per heavy atom. The van der Waals surface area contributed by atoms with Crippen LogP contribution in [0.15, 0.2) is 48.5 Å². The van der Waals surface area contributed by atoms with Crippen molar-refractivity contribution in [1.82, 2.24) is 24.4 Å². The Labute approximate surface area is 170 Å². The van der Waals surface area contributed by atoms with Crippen molar-refractivity contribution >= 4 is 34.2 Å². The van der Waals surface area contributed by atoms with Gasteiger partial charge in [-0.3, -0.25) is 10.1 Å². The number of aryl methyl sites for hydroxylation is 1. The molecule has 0 aliphatic rings. The topological polar surface area (TPSA) is 85.6 Å². The van der Waals surface area contributed by atoms with Crippen molar-refractivity contribution in [2.24, 2.45) is 0 Å². The minimum Gasteiger partial charge on any atom is -0.297 e. The molecule has 0 fully saturated rings. The van der Waals surface area contributed by atoms with Gasteiger partial charge in [-0.25, -0.2) is 4.68 Å². The first-order valence-corrected chi connectivity index (χ1v) is 9.57. The molecule has 2 aromatic carbocycles. The van der Waals surface area contributed by atoms with Gasteiger partial charge in [-0.1, -0.05) is 41.1 Å². The molecular formula is C19H15ClN6OS. The maximum atomic E-state index is 12.5. The molecule has 0 aliphatic heterocycles. The number of hydrogen-bond acceptors (Lipinski definition) is 6. The highest BCUT2D eigenvalue weighted by Crippen LogP contribution is 2.25. The molecule has 1 N–H and O–H groups in total. The van der Waals surface area contributed by atoms with Crippen LogP contribution in [-0.2, 0) is 0 Å². The molecule has 0 bridgehead atoms. The van der Waals surface area contributed by atoms with E-state index in [0.29, 0.717) is 27.2 Å². The predicted molar refractivity (Wildman–Crippen MR) is 109 cm³/mol. The van der Waals surface area contributed by atoms with Gasteiger partial charge in [0.15, 0.2) is 11.5 Å². The highest BCUT2D eigenvalue weighted by atomic mass is 35.5. The Hall–Kier alpha value is -3.10. The summed E-state index contributed by atoms with van der Waals surface area (Å²) in [5, 5.41) is 12.2. The van der Waals surface area contributed by atoms with Crippen molar-refractivity contribution < 1.29 is 4.79 Å². The van der Waals surface area contributed by atoms with Gasteiger partial charge >= 0.3 is 0 Å². The Kier molecular flexibility index (Phi) is 4.89. The van der Waals surface area contributed by atoms with Crippen molar-refractivity contribution in [2.45, 2.75) is 13.8 Å². The lowest BCUT2D eigenvalue weighted by Crippen LogP contribution is -2.13. The zero-order valence-electron chi connectivity index (χ0n) is 15.0. The fraction of sp³-hybridized carbons (Fsp3) is 0.105. The van der Waals surface area contributed by atoms with E-state index in [1.54, 1.807) is 22.9 Å². The number of nitrogens with one attached hydrogen (secondary N) is 1. The molecule has 2 aromatic heterocycles. The molecule has 0 unspecified atom stereocenters. The van der Waals surface area contributed by atoms with Crippen LogP contribution in [-0.4, -0.2) is 30.3 Å². The second kappa shape index (κ2) is 7.49. The maximum absolute atomic E-state index is 12.5. The third kappa shape index (κ3) is 3.51. The number of halogens is 1. The summed E-state index contributed by atoms with van der Waals surface area (Å²) < 4.78 is 5.99. The molecule has 9 heteroatoms. The van der Waals surface area contributed by atoms with E-state index in [9.17, 15) is 4.79 Å². The summed E-state index contributed by atoms with van der Waals surface area (Å²) in [6.45, 7) is 3.76. The number of anilines is 1. The largest absolute Gasteiger partial charge is 0.297 e. The normalized spacial score (nSPS) is 10.8. The van der Waals surface area contributed by atoms with E-state index >= 15 is 0 Å². The standard InChI is InChI=1S/C19H15ClN6OS/c1-11-6-3-4-9-15(11)18(27)22-19-21-17(24-28-19)16-12(2)26(25-23-16)14-8-5-7-13(20)10-14/h3-10H,1-2H3,(H,21,22,24,27). The van der Waals surface area contributed by atoms with Gasteiger partial charge in [0.25, 0.3) is 5.91 Å². The predicted octanol–water partition coefficient (Wildman–Crippen LogP) is 4.31.